The maximum Gasteiger partial charge on any atom is 0.242 e. The van der Waals surface area contributed by atoms with Crippen LogP contribution in [0.5, 0.6) is 0 Å². The van der Waals surface area contributed by atoms with Crippen LogP contribution in [0.1, 0.15) is 25.7 Å². The highest BCUT2D eigenvalue weighted by Crippen LogP contribution is 2.29. The minimum atomic E-state index is -0.678. The molecule has 3 rings (SSSR count). The zero-order valence-corrected chi connectivity index (χ0v) is 14.3. The molecule has 2 amide bonds. The number of benzene rings is 1. The lowest BCUT2D eigenvalue weighted by Gasteiger charge is -2.38. The average molecular weight is 348 g/mol. The first-order chi connectivity index (χ1) is 12.0. The molecule has 2 aliphatic rings. The number of nitrogens with two attached hydrogens (primary N) is 1. The predicted octanol–water partition coefficient (Wildman–Crippen LogP) is 1.18. The predicted molar refractivity (Wildman–Crippen MR) is 93.4 cm³/mol. The van der Waals surface area contributed by atoms with Crippen molar-refractivity contribution in [1.29, 1.82) is 0 Å². The van der Waals surface area contributed by atoms with Crippen molar-refractivity contribution in [1.82, 2.24) is 9.80 Å². The Bertz CT molecular complexity index is 620. The van der Waals surface area contributed by atoms with Gasteiger partial charge in [0.25, 0.3) is 0 Å². The molecule has 1 saturated heterocycles. The molecule has 136 valence electrons. The zero-order chi connectivity index (χ0) is 17.9. The van der Waals surface area contributed by atoms with E-state index in [1.807, 2.05) is 9.80 Å². The molecule has 0 unspecified atom stereocenters. The first-order valence-electron chi connectivity index (χ1n) is 8.82. The number of carbonyl (C=O) groups is 2. The van der Waals surface area contributed by atoms with Gasteiger partial charge in [0.1, 0.15) is 5.82 Å². The first-order valence-corrected chi connectivity index (χ1v) is 8.82. The molecule has 0 bridgehead atoms. The van der Waals surface area contributed by atoms with Gasteiger partial charge in [-0.3, -0.25) is 14.5 Å². The number of halogens is 1. The molecule has 0 aromatic heterocycles. The van der Waals surface area contributed by atoms with Gasteiger partial charge in [-0.05, 0) is 37.1 Å². The Hall–Kier alpha value is -1.99. The van der Waals surface area contributed by atoms with Gasteiger partial charge in [-0.2, -0.15) is 0 Å². The van der Waals surface area contributed by atoms with Crippen LogP contribution >= 0.6 is 0 Å². The number of hydrogen-bond donors (Lipinski definition) is 2. The summed E-state index contributed by atoms with van der Waals surface area (Å²) in [5, 5.41) is 2.75. The summed E-state index contributed by atoms with van der Waals surface area (Å²) in [6.07, 6.45) is 3.58. The van der Waals surface area contributed by atoms with Crippen LogP contribution in [0.2, 0.25) is 0 Å². The Balaban J connectivity index is 1.45. The van der Waals surface area contributed by atoms with Crippen molar-refractivity contribution in [2.45, 2.75) is 31.2 Å². The molecule has 1 saturated carbocycles. The standard InChI is InChI=1S/C18H25FN4O2/c19-14-3-5-15(6-4-14)21-16(24)13-22-9-11-23(12-10-22)17(25)18(20)7-1-2-8-18/h3-6H,1-2,7-13,20H2,(H,21,24). The molecule has 1 aliphatic heterocycles. The monoisotopic (exact) mass is 348 g/mol. The van der Waals surface area contributed by atoms with Crippen LogP contribution in [-0.2, 0) is 9.59 Å². The highest BCUT2D eigenvalue weighted by Gasteiger charge is 2.40. The van der Waals surface area contributed by atoms with E-state index in [0.29, 0.717) is 31.9 Å². The molecule has 3 N–H and O–H groups in total. The van der Waals surface area contributed by atoms with E-state index in [1.54, 1.807) is 0 Å². The Morgan fingerprint density at radius 3 is 2.28 bits per heavy atom. The van der Waals surface area contributed by atoms with Gasteiger partial charge in [0.15, 0.2) is 0 Å². The molecular weight excluding hydrogens is 323 g/mol. The SMILES string of the molecule is NC1(C(=O)N2CCN(CC(=O)Nc3ccc(F)cc3)CC2)CCCC1. The van der Waals surface area contributed by atoms with Gasteiger partial charge in [-0.1, -0.05) is 12.8 Å². The van der Waals surface area contributed by atoms with Gasteiger partial charge in [-0.15, -0.1) is 0 Å². The maximum atomic E-state index is 12.9. The van der Waals surface area contributed by atoms with E-state index < -0.39 is 5.54 Å². The number of carbonyl (C=O) groups excluding carboxylic acids is 2. The molecule has 2 fully saturated rings. The molecule has 0 atom stereocenters. The first kappa shape index (κ1) is 17.8. The summed E-state index contributed by atoms with van der Waals surface area (Å²) in [4.78, 5) is 28.5. The summed E-state index contributed by atoms with van der Waals surface area (Å²) in [5.74, 6) is -0.420. The number of anilines is 1. The lowest BCUT2D eigenvalue weighted by atomic mass is 9.97. The van der Waals surface area contributed by atoms with Crippen LogP contribution in [-0.4, -0.2) is 59.9 Å². The minimum absolute atomic E-state index is 0.0559. The molecule has 0 radical (unpaired) electrons. The van der Waals surface area contributed by atoms with Crippen molar-refractivity contribution in [3.8, 4) is 0 Å². The summed E-state index contributed by atoms with van der Waals surface area (Å²) in [6, 6.07) is 5.69. The van der Waals surface area contributed by atoms with Crippen LogP contribution in [0.3, 0.4) is 0 Å². The third-order valence-electron chi connectivity index (χ3n) is 5.08. The van der Waals surface area contributed by atoms with Gasteiger partial charge in [0, 0.05) is 31.9 Å². The fraction of sp³-hybridized carbons (Fsp3) is 0.556. The number of amides is 2. The second-order valence-electron chi connectivity index (χ2n) is 6.99. The Morgan fingerprint density at radius 1 is 1.08 bits per heavy atom. The quantitative estimate of drug-likeness (QED) is 0.856. The number of hydrogen-bond acceptors (Lipinski definition) is 4. The highest BCUT2D eigenvalue weighted by molar-refractivity contribution is 5.92. The van der Waals surface area contributed by atoms with E-state index in [9.17, 15) is 14.0 Å². The molecule has 25 heavy (non-hydrogen) atoms. The molecule has 1 aromatic rings. The van der Waals surface area contributed by atoms with Crippen LogP contribution in [0, 0.1) is 5.82 Å². The van der Waals surface area contributed by atoms with Gasteiger partial charge < -0.3 is 16.0 Å². The highest BCUT2D eigenvalue weighted by atomic mass is 19.1. The van der Waals surface area contributed by atoms with Crippen molar-refractivity contribution < 1.29 is 14.0 Å². The summed E-state index contributed by atoms with van der Waals surface area (Å²) in [6.45, 7) is 2.76. The Kier molecular flexibility index (Phi) is 5.34. The molecule has 1 heterocycles. The molecule has 6 nitrogen and oxygen atoms in total. The smallest absolute Gasteiger partial charge is 0.242 e. The lowest BCUT2D eigenvalue weighted by Crippen LogP contribution is -2.58. The number of nitrogens with one attached hydrogen (secondary N) is 1. The number of rotatable bonds is 4. The van der Waals surface area contributed by atoms with E-state index in [-0.39, 0.29) is 24.2 Å². The van der Waals surface area contributed by atoms with Gasteiger partial charge in [0.05, 0.1) is 12.1 Å². The molecule has 7 heteroatoms. The van der Waals surface area contributed by atoms with Crippen LogP contribution in [0.25, 0.3) is 0 Å². The summed E-state index contributed by atoms with van der Waals surface area (Å²) < 4.78 is 12.9. The fourth-order valence-corrected chi connectivity index (χ4v) is 3.58. The molecule has 1 aromatic carbocycles. The normalized spacial score (nSPS) is 20.5. The third kappa shape index (κ3) is 4.35. The van der Waals surface area contributed by atoms with Gasteiger partial charge in [0.2, 0.25) is 11.8 Å². The lowest BCUT2D eigenvalue weighted by molar-refractivity contribution is -0.138. The van der Waals surface area contributed by atoms with Gasteiger partial charge >= 0.3 is 0 Å². The van der Waals surface area contributed by atoms with Crippen LogP contribution < -0.4 is 11.1 Å². The topological polar surface area (TPSA) is 78.7 Å². The second kappa shape index (κ2) is 7.49. The Labute approximate surface area is 147 Å². The van der Waals surface area contributed by atoms with E-state index in [1.165, 1.54) is 24.3 Å². The van der Waals surface area contributed by atoms with Crippen molar-refractivity contribution in [2.24, 2.45) is 5.73 Å². The number of nitrogens with zero attached hydrogens (tertiary/aromatic N) is 2. The minimum Gasteiger partial charge on any atom is -0.339 e. The Morgan fingerprint density at radius 2 is 1.68 bits per heavy atom. The van der Waals surface area contributed by atoms with E-state index in [2.05, 4.69) is 5.32 Å². The van der Waals surface area contributed by atoms with Crippen LogP contribution in [0.4, 0.5) is 10.1 Å². The van der Waals surface area contributed by atoms with Crippen molar-refractivity contribution in [2.75, 3.05) is 38.0 Å². The maximum absolute atomic E-state index is 12.9. The number of piperazine rings is 1. The molecule has 0 spiro atoms. The summed E-state index contributed by atoms with van der Waals surface area (Å²) >= 11 is 0. The largest absolute Gasteiger partial charge is 0.339 e. The van der Waals surface area contributed by atoms with Crippen molar-refractivity contribution >= 4 is 17.5 Å². The van der Waals surface area contributed by atoms with Gasteiger partial charge in [-0.25, -0.2) is 4.39 Å². The van der Waals surface area contributed by atoms with Crippen molar-refractivity contribution in [3.05, 3.63) is 30.1 Å². The summed E-state index contributed by atoms with van der Waals surface area (Å²) in [7, 11) is 0. The van der Waals surface area contributed by atoms with E-state index in [4.69, 9.17) is 5.73 Å². The van der Waals surface area contributed by atoms with Crippen LogP contribution in [0.15, 0.2) is 24.3 Å². The fourth-order valence-electron chi connectivity index (χ4n) is 3.58. The second-order valence-corrected chi connectivity index (χ2v) is 6.99. The van der Waals surface area contributed by atoms with E-state index in [0.717, 1.165) is 25.7 Å². The van der Waals surface area contributed by atoms with E-state index >= 15 is 0 Å². The molecule has 1 aliphatic carbocycles. The van der Waals surface area contributed by atoms with Crippen molar-refractivity contribution in [3.63, 3.8) is 0 Å². The average Bonchev–Trinajstić information content (AvgIpc) is 3.05. The summed E-state index contributed by atoms with van der Waals surface area (Å²) in [5.41, 5.74) is 6.15. The third-order valence-corrected chi connectivity index (χ3v) is 5.08. The molecular formula is C18H25FN4O2. The zero-order valence-electron chi connectivity index (χ0n) is 14.3.